The van der Waals surface area contributed by atoms with Crippen LogP contribution in [0.25, 0.3) is 0 Å². The van der Waals surface area contributed by atoms with Crippen molar-refractivity contribution in [3.8, 4) is 0 Å². The lowest BCUT2D eigenvalue weighted by Gasteiger charge is -1.99. The van der Waals surface area contributed by atoms with E-state index in [9.17, 15) is 9.59 Å². The van der Waals surface area contributed by atoms with Gasteiger partial charge in [-0.2, -0.15) is 0 Å². The molecule has 4 heteroatoms. The van der Waals surface area contributed by atoms with Crippen LogP contribution in [-0.2, 0) is 4.79 Å². The molecule has 0 aliphatic carbocycles. The van der Waals surface area contributed by atoms with E-state index in [0.29, 0.717) is 17.7 Å². The molecule has 0 spiro atoms. The van der Waals surface area contributed by atoms with Gasteiger partial charge in [0.2, 0.25) is 5.91 Å². The summed E-state index contributed by atoms with van der Waals surface area (Å²) in [6, 6.07) is 3.08. The molecule has 0 saturated heterocycles. The van der Waals surface area contributed by atoms with E-state index in [1.807, 2.05) is 0 Å². The predicted octanol–water partition coefficient (Wildman–Crippen LogP) is 0.852. The van der Waals surface area contributed by atoms with Gasteiger partial charge in [0.15, 0.2) is 0 Å². The molecule has 0 aromatic carbocycles. The first-order valence-electron chi connectivity index (χ1n) is 3.41. The van der Waals surface area contributed by atoms with E-state index < -0.39 is 0 Å². The molecular weight excluding hydrogens is 156 g/mol. The van der Waals surface area contributed by atoms with Gasteiger partial charge in [0.05, 0.1) is 0 Å². The number of aromatic nitrogens is 1. The van der Waals surface area contributed by atoms with E-state index >= 15 is 0 Å². The highest BCUT2D eigenvalue weighted by Crippen LogP contribution is 2.03. The second-order valence-corrected chi connectivity index (χ2v) is 2.27. The van der Waals surface area contributed by atoms with Crippen LogP contribution in [0.1, 0.15) is 17.3 Å². The molecule has 0 saturated carbocycles. The highest BCUT2D eigenvalue weighted by Gasteiger charge is 1.96. The number of hydrogen-bond acceptors (Lipinski definition) is 3. The summed E-state index contributed by atoms with van der Waals surface area (Å²) in [4.78, 5) is 24.7. The van der Waals surface area contributed by atoms with Crippen molar-refractivity contribution in [3.05, 3.63) is 23.9 Å². The van der Waals surface area contributed by atoms with Crippen molar-refractivity contribution in [2.45, 2.75) is 6.92 Å². The predicted molar refractivity (Wildman–Crippen MR) is 43.9 cm³/mol. The molecule has 1 aromatic rings. The molecule has 0 bridgehead atoms. The molecule has 0 radical (unpaired) electrons. The molecular formula is C8H8N2O2. The maximum absolute atomic E-state index is 10.6. The summed E-state index contributed by atoms with van der Waals surface area (Å²) in [5, 5.41) is 2.47. The SMILES string of the molecule is CC(=O)Nc1cc(C=O)ccn1. The number of aldehydes is 1. The zero-order valence-corrected chi connectivity index (χ0v) is 6.57. The molecule has 1 heterocycles. The Labute approximate surface area is 69.6 Å². The van der Waals surface area contributed by atoms with Gasteiger partial charge in [0.1, 0.15) is 12.1 Å². The number of rotatable bonds is 2. The number of amides is 1. The molecule has 62 valence electrons. The third-order valence-electron chi connectivity index (χ3n) is 1.22. The number of pyridine rings is 1. The van der Waals surface area contributed by atoms with E-state index in [4.69, 9.17) is 0 Å². The highest BCUT2D eigenvalue weighted by molar-refractivity contribution is 5.88. The van der Waals surface area contributed by atoms with Crippen LogP contribution in [0.15, 0.2) is 18.3 Å². The summed E-state index contributed by atoms with van der Waals surface area (Å²) in [5.74, 6) is 0.192. The zero-order chi connectivity index (χ0) is 8.97. The van der Waals surface area contributed by atoms with Gasteiger partial charge in [-0.05, 0) is 12.1 Å². The van der Waals surface area contributed by atoms with E-state index in [1.54, 1.807) is 6.07 Å². The Morgan fingerprint density at radius 3 is 3.00 bits per heavy atom. The van der Waals surface area contributed by atoms with Crippen molar-refractivity contribution in [1.29, 1.82) is 0 Å². The third-order valence-corrected chi connectivity index (χ3v) is 1.22. The van der Waals surface area contributed by atoms with Crippen molar-refractivity contribution in [1.82, 2.24) is 4.98 Å². The quantitative estimate of drug-likeness (QED) is 0.659. The molecule has 1 aromatic heterocycles. The lowest BCUT2D eigenvalue weighted by Crippen LogP contribution is -2.07. The number of carbonyl (C=O) groups excluding carboxylic acids is 2. The van der Waals surface area contributed by atoms with E-state index in [-0.39, 0.29) is 5.91 Å². The minimum Gasteiger partial charge on any atom is -0.311 e. The Bertz CT molecular complexity index is 310. The van der Waals surface area contributed by atoms with Crippen molar-refractivity contribution >= 4 is 18.0 Å². The van der Waals surface area contributed by atoms with Gasteiger partial charge in [-0.3, -0.25) is 9.59 Å². The highest BCUT2D eigenvalue weighted by atomic mass is 16.1. The molecule has 1 amide bonds. The van der Waals surface area contributed by atoms with Crippen LogP contribution in [0.4, 0.5) is 5.82 Å². The van der Waals surface area contributed by atoms with Crippen LogP contribution < -0.4 is 5.32 Å². The molecule has 0 aliphatic rings. The minimum atomic E-state index is -0.203. The van der Waals surface area contributed by atoms with Crippen molar-refractivity contribution in [3.63, 3.8) is 0 Å². The zero-order valence-electron chi connectivity index (χ0n) is 6.57. The summed E-state index contributed by atoms with van der Waals surface area (Å²) in [6.45, 7) is 1.38. The molecule has 0 aliphatic heterocycles. The fourth-order valence-electron chi connectivity index (χ4n) is 0.769. The van der Waals surface area contributed by atoms with Gasteiger partial charge in [-0.15, -0.1) is 0 Å². The Hall–Kier alpha value is -1.71. The standard InChI is InChI=1S/C8H8N2O2/c1-6(12)10-8-4-7(5-11)2-3-9-8/h2-5H,1H3,(H,9,10,12). The average Bonchev–Trinajstić information content (AvgIpc) is 2.03. The first-order valence-corrected chi connectivity index (χ1v) is 3.41. The minimum absolute atomic E-state index is 0.203. The van der Waals surface area contributed by atoms with E-state index in [1.165, 1.54) is 19.2 Å². The Morgan fingerprint density at radius 1 is 1.67 bits per heavy atom. The number of nitrogens with zero attached hydrogens (tertiary/aromatic N) is 1. The topological polar surface area (TPSA) is 59.1 Å². The molecule has 0 atom stereocenters. The Morgan fingerprint density at radius 2 is 2.42 bits per heavy atom. The fourth-order valence-corrected chi connectivity index (χ4v) is 0.769. The maximum Gasteiger partial charge on any atom is 0.222 e. The molecule has 4 nitrogen and oxygen atoms in total. The summed E-state index contributed by atoms with van der Waals surface area (Å²) in [7, 11) is 0. The smallest absolute Gasteiger partial charge is 0.222 e. The van der Waals surface area contributed by atoms with E-state index in [0.717, 1.165) is 0 Å². The van der Waals surface area contributed by atoms with Crippen LogP contribution in [-0.4, -0.2) is 17.2 Å². The lowest BCUT2D eigenvalue weighted by atomic mass is 10.3. The van der Waals surface area contributed by atoms with Gasteiger partial charge in [-0.1, -0.05) is 0 Å². The maximum atomic E-state index is 10.6. The van der Waals surface area contributed by atoms with Gasteiger partial charge in [0.25, 0.3) is 0 Å². The van der Waals surface area contributed by atoms with Crippen LogP contribution in [0.2, 0.25) is 0 Å². The van der Waals surface area contributed by atoms with Crippen LogP contribution in [0.3, 0.4) is 0 Å². The van der Waals surface area contributed by atoms with Crippen LogP contribution in [0, 0.1) is 0 Å². The second kappa shape index (κ2) is 3.61. The number of nitrogens with one attached hydrogen (secondary N) is 1. The van der Waals surface area contributed by atoms with Gasteiger partial charge in [0, 0.05) is 18.7 Å². The molecule has 1 rings (SSSR count). The molecule has 1 N–H and O–H groups in total. The molecule has 12 heavy (non-hydrogen) atoms. The Balaban J connectivity index is 2.86. The van der Waals surface area contributed by atoms with E-state index in [2.05, 4.69) is 10.3 Å². The van der Waals surface area contributed by atoms with Crippen LogP contribution in [0.5, 0.6) is 0 Å². The van der Waals surface area contributed by atoms with Gasteiger partial charge >= 0.3 is 0 Å². The largest absolute Gasteiger partial charge is 0.311 e. The summed E-state index contributed by atoms with van der Waals surface area (Å²) >= 11 is 0. The first kappa shape index (κ1) is 8.39. The van der Waals surface area contributed by atoms with Gasteiger partial charge < -0.3 is 5.32 Å². The van der Waals surface area contributed by atoms with Crippen LogP contribution >= 0.6 is 0 Å². The third kappa shape index (κ3) is 2.16. The second-order valence-electron chi connectivity index (χ2n) is 2.27. The lowest BCUT2D eigenvalue weighted by molar-refractivity contribution is -0.114. The Kier molecular flexibility index (Phi) is 2.53. The normalized spacial score (nSPS) is 9.08. The van der Waals surface area contributed by atoms with Gasteiger partial charge in [-0.25, -0.2) is 4.98 Å². The fraction of sp³-hybridized carbons (Fsp3) is 0.125. The van der Waals surface area contributed by atoms with Crippen molar-refractivity contribution in [2.75, 3.05) is 5.32 Å². The first-order chi connectivity index (χ1) is 5.72. The monoisotopic (exact) mass is 164 g/mol. The number of carbonyl (C=O) groups is 2. The number of anilines is 1. The summed E-state index contributed by atoms with van der Waals surface area (Å²) in [5.41, 5.74) is 0.494. The van der Waals surface area contributed by atoms with Crippen molar-refractivity contribution < 1.29 is 9.59 Å². The molecule has 0 fully saturated rings. The molecule has 0 unspecified atom stereocenters. The number of hydrogen-bond donors (Lipinski definition) is 1. The van der Waals surface area contributed by atoms with Crippen molar-refractivity contribution in [2.24, 2.45) is 0 Å². The summed E-state index contributed by atoms with van der Waals surface area (Å²) < 4.78 is 0. The summed E-state index contributed by atoms with van der Waals surface area (Å²) in [6.07, 6.45) is 2.17. The average molecular weight is 164 g/mol.